The van der Waals surface area contributed by atoms with E-state index in [2.05, 4.69) is 0 Å². The maximum atomic E-state index is 13.7. The SMILES string of the molecule is NCC(=O)c1ccc(CN(C(=O)N2CCCCC2)c2cccc(-c3ccc4c(c3)OCO4)c2)cc1.O=C(CNC(=O)C(F)(F)F)c1ccc(CN(C(=O)N2CCCCC2)c2cccc(-c3ccc4c(c3)OCO4)c2)cc1. The third-order valence-electron chi connectivity index (χ3n) is 13.5. The number of amides is 5. The highest BCUT2D eigenvalue weighted by Crippen LogP contribution is 2.39. The Bertz CT molecular complexity index is 3070. The molecule has 0 radical (unpaired) electrons. The number of rotatable bonds is 13. The van der Waals surface area contributed by atoms with E-state index in [1.54, 1.807) is 34.5 Å². The van der Waals surface area contributed by atoms with Gasteiger partial charge in [-0.15, -0.1) is 0 Å². The van der Waals surface area contributed by atoms with Gasteiger partial charge in [-0.25, -0.2) is 9.59 Å². The second-order valence-electron chi connectivity index (χ2n) is 18.7. The van der Waals surface area contributed by atoms with Gasteiger partial charge in [0.1, 0.15) is 0 Å². The number of fused-ring (bicyclic) bond motifs is 2. The number of nitrogens with two attached hydrogens (primary N) is 1. The second-order valence-corrected chi connectivity index (χ2v) is 18.7. The van der Waals surface area contributed by atoms with Crippen molar-refractivity contribution in [2.45, 2.75) is 57.8 Å². The molecule has 0 saturated carbocycles. The van der Waals surface area contributed by atoms with Crippen LogP contribution in [0.5, 0.6) is 23.0 Å². The van der Waals surface area contributed by atoms with Crippen molar-refractivity contribution in [1.82, 2.24) is 15.1 Å². The number of piperidine rings is 2. The number of nitrogens with one attached hydrogen (secondary N) is 1. The molecule has 0 bridgehead atoms. The first-order valence-electron chi connectivity index (χ1n) is 25.2. The summed E-state index contributed by atoms with van der Waals surface area (Å²) in [7, 11) is 0. The molecule has 0 aliphatic carbocycles. The molecule has 4 aliphatic heterocycles. The molecule has 76 heavy (non-hydrogen) atoms. The second kappa shape index (κ2) is 23.9. The first kappa shape index (κ1) is 52.5. The molecule has 5 amide bonds. The van der Waals surface area contributed by atoms with Crippen LogP contribution in [0.3, 0.4) is 0 Å². The van der Waals surface area contributed by atoms with Crippen molar-refractivity contribution >= 4 is 40.9 Å². The number of alkyl halides is 3. The van der Waals surface area contributed by atoms with E-state index in [9.17, 15) is 37.1 Å². The number of ether oxygens (including phenoxy) is 4. The first-order valence-corrected chi connectivity index (χ1v) is 25.2. The van der Waals surface area contributed by atoms with Crippen molar-refractivity contribution in [3.05, 3.63) is 156 Å². The van der Waals surface area contributed by atoms with Crippen LogP contribution in [0.1, 0.15) is 70.4 Å². The normalized spacial score (nSPS) is 14.5. The monoisotopic (exact) mass is 1040 g/mol. The summed E-state index contributed by atoms with van der Waals surface area (Å²) in [5, 5.41) is 1.59. The third-order valence-corrected chi connectivity index (χ3v) is 13.5. The van der Waals surface area contributed by atoms with Crippen molar-refractivity contribution in [3.8, 4) is 45.3 Å². The number of urea groups is 2. The van der Waals surface area contributed by atoms with Gasteiger partial charge in [-0.2, -0.15) is 13.2 Å². The number of hydrogen-bond donors (Lipinski definition) is 2. The minimum absolute atomic E-state index is 0.00496. The van der Waals surface area contributed by atoms with E-state index >= 15 is 0 Å². The summed E-state index contributed by atoms with van der Waals surface area (Å²) in [6.45, 7) is 3.06. The molecule has 0 unspecified atom stereocenters. The molecule has 4 heterocycles. The molecule has 15 nitrogen and oxygen atoms in total. The van der Waals surface area contributed by atoms with E-state index in [4.69, 9.17) is 24.7 Å². The Labute approximate surface area is 437 Å². The molecule has 0 aromatic heterocycles. The van der Waals surface area contributed by atoms with Crippen LogP contribution in [0, 0.1) is 0 Å². The zero-order chi connectivity index (χ0) is 53.2. The quantitative estimate of drug-likeness (QED) is 0.106. The minimum atomic E-state index is -5.06. The van der Waals surface area contributed by atoms with Crippen LogP contribution in [-0.2, 0) is 17.9 Å². The van der Waals surface area contributed by atoms with Gasteiger partial charge in [0.2, 0.25) is 13.6 Å². The summed E-state index contributed by atoms with van der Waals surface area (Å²) in [5.41, 5.74) is 13.2. The molecule has 10 rings (SSSR count). The Hall–Kier alpha value is -8.38. The van der Waals surface area contributed by atoms with Gasteiger partial charge in [-0.3, -0.25) is 24.2 Å². The number of anilines is 2. The van der Waals surface area contributed by atoms with Crippen molar-refractivity contribution in [1.29, 1.82) is 0 Å². The summed E-state index contributed by atoms with van der Waals surface area (Å²) in [5.74, 6) is -0.138. The molecule has 3 N–H and O–H groups in total. The van der Waals surface area contributed by atoms with Crippen molar-refractivity contribution in [2.75, 3.05) is 62.7 Å². The van der Waals surface area contributed by atoms with Gasteiger partial charge < -0.3 is 39.8 Å². The number of Topliss-reactive ketones (excluding diaryl/α,β-unsaturated/α-hetero) is 2. The average Bonchev–Trinajstić information content (AvgIpc) is 4.16. The van der Waals surface area contributed by atoms with Gasteiger partial charge in [0.05, 0.1) is 26.2 Å². The van der Waals surface area contributed by atoms with Gasteiger partial charge in [0.15, 0.2) is 34.6 Å². The predicted molar refractivity (Wildman–Crippen MR) is 280 cm³/mol. The number of carbonyl (C=O) groups excluding carboxylic acids is 5. The first-order chi connectivity index (χ1) is 36.8. The number of ketones is 2. The average molecular weight is 1040 g/mol. The van der Waals surface area contributed by atoms with E-state index in [0.717, 1.165) is 102 Å². The van der Waals surface area contributed by atoms with Crippen LogP contribution in [0.4, 0.5) is 34.1 Å². The standard InChI is InChI=1S/C30H28F3N3O5.C28H29N3O4/c31-30(32,33)28(38)34-17-25(37)21-9-7-20(8-10-21)18-36(29(39)35-13-2-1-3-14-35)24-6-4-5-22(15-24)23-11-12-26-27(16-23)41-19-40-26;29-17-25(32)21-9-7-20(8-10-21)18-31(28(33)30-13-2-1-3-14-30)24-6-4-5-22(15-24)23-11-12-26-27(16-23)35-19-34-26/h4-12,15-16H,1-3,13-14,17-19H2,(H,34,38);4-12,15-16H,1-3,13-14,17-19,29H2. The number of nitrogens with zero attached hydrogens (tertiary/aromatic N) is 4. The zero-order valence-corrected chi connectivity index (χ0v) is 41.7. The molecule has 2 saturated heterocycles. The van der Waals surface area contributed by atoms with Crippen LogP contribution >= 0.6 is 0 Å². The summed E-state index contributed by atoms with van der Waals surface area (Å²) in [6, 6.07) is 40.6. The van der Waals surface area contributed by atoms with Gasteiger partial charge in [0, 0.05) is 48.7 Å². The molecule has 2 fully saturated rings. The molecule has 4 aliphatic rings. The lowest BCUT2D eigenvalue weighted by molar-refractivity contribution is -0.173. The number of carbonyl (C=O) groups is 5. The largest absolute Gasteiger partial charge is 0.471 e. The van der Waals surface area contributed by atoms with Crippen LogP contribution < -0.4 is 39.8 Å². The Kier molecular flexibility index (Phi) is 16.5. The smallest absolute Gasteiger partial charge is 0.454 e. The predicted octanol–water partition coefficient (Wildman–Crippen LogP) is 10.4. The van der Waals surface area contributed by atoms with Crippen molar-refractivity contribution in [2.24, 2.45) is 5.73 Å². The Morgan fingerprint density at radius 3 is 1.33 bits per heavy atom. The fourth-order valence-electron chi connectivity index (χ4n) is 9.35. The van der Waals surface area contributed by atoms with Gasteiger partial charge in [-0.1, -0.05) is 84.9 Å². The summed E-state index contributed by atoms with van der Waals surface area (Å²) in [6.07, 6.45) is 1.06. The lowest BCUT2D eigenvalue weighted by Gasteiger charge is -2.33. The maximum Gasteiger partial charge on any atom is 0.471 e. The molecular weight excluding hydrogens is 982 g/mol. The molecular formula is C58H57F3N6O9. The number of benzene rings is 6. The molecule has 394 valence electrons. The lowest BCUT2D eigenvalue weighted by atomic mass is 10.0. The van der Waals surface area contributed by atoms with E-state index < -0.39 is 24.4 Å². The van der Waals surface area contributed by atoms with Crippen molar-refractivity contribution in [3.63, 3.8) is 0 Å². The van der Waals surface area contributed by atoms with E-state index in [1.807, 2.05) is 112 Å². The number of halogens is 3. The third kappa shape index (κ3) is 12.7. The van der Waals surface area contributed by atoms with E-state index in [-0.39, 0.29) is 50.1 Å². The summed E-state index contributed by atoms with van der Waals surface area (Å²) < 4.78 is 59.2. The van der Waals surface area contributed by atoms with Crippen LogP contribution in [0.25, 0.3) is 22.3 Å². The van der Waals surface area contributed by atoms with Gasteiger partial charge in [-0.05, 0) is 120 Å². The van der Waals surface area contributed by atoms with Crippen molar-refractivity contribution < 1.29 is 56.1 Å². The molecule has 6 aromatic rings. The topological polar surface area (TPSA) is 173 Å². The zero-order valence-electron chi connectivity index (χ0n) is 41.7. The lowest BCUT2D eigenvalue weighted by Crippen LogP contribution is -2.45. The maximum absolute atomic E-state index is 13.7. The van der Waals surface area contributed by atoms with E-state index in [0.29, 0.717) is 42.4 Å². The highest BCUT2D eigenvalue weighted by atomic mass is 19.4. The highest BCUT2D eigenvalue weighted by Gasteiger charge is 2.38. The summed E-state index contributed by atoms with van der Waals surface area (Å²) in [4.78, 5) is 69.9. The fraction of sp³-hybridized carbons (Fsp3) is 0.293. The Balaban J connectivity index is 0.000000188. The molecule has 0 spiro atoms. The Morgan fingerprint density at radius 2 is 0.908 bits per heavy atom. The number of hydrogen-bond acceptors (Lipinski definition) is 10. The van der Waals surface area contributed by atoms with Gasteiger partial charge >= 0.3 is 24.1 Å². The van der Waals surface area contributed by atoms with E-state index in [1.165, 1.54) is 12.1 Å². The molecule has 18 heteroatoms. The molecule has 0 atom stereocenters. The van der Waals surface area contributed by atoms with Crippen LogP contribution in [-0.4, -0.2) is 98.4 Å². The molecule has 6 aromatic carbocycles. The number of likely N-dealkylation sites (tertiary alicyclic amines) is 2. The van der Waals surface area contributed by atoms with Gasteiger partial charge in [0.25, 0.3) is 0 Å². The fourth-order valence-corrected chi connectivity index (χ4v) is 9.35. The minimum Gasteiger partial charge on any atom is -0.454 e. The highest BCUT2D eigenvalue weighted by molar-refractivity contribution is 6.00. The van der Waals surface area contributed by atoms with Crippen LogP contribution in [0.15, 0.2) is 133 Å². The summed E-state index contributed by atoms with van der Waals surface area (Å²) >= 11 is 0. The van der Waals surface area contributed by atoms with Crippen LogP contribution in [0.2, 0.25) is 0 Å². The Morgan fingerprint density at radius 1 is 0.500 bits per heavy atom.